The lowest BCUT2D eigenvalue weighted by molar-refractivity contribution is -0.0539. The fourth-order valence-electron chi connectivity index (χ4n) is 3.23. The maximum absolute atomic E-state index is 12.1. The van der Waals surface area contributed by atoms with Gasteiger partial charge in [-0.2, -0.15) is 0 Å². The van der Waals surface area contributed by atoms with Crippen LogP contribution < -0.4 is 0 Å². The molecule has 22 heavy (non-hydrogen) atoms. The first-order valence-corrected chi connectivity index (χ1v) is 8.60. The van der Waals surface area contributed by atoms with Gasteiger partial charge in [-0.25, -0.2) is 4.79 Å². The maximum Gasteiger partial charge on any atom is 0.410 e. The van der Waals surface area contributed by atoms with Gasteiger partial charge < -0.3 is 19.6 Å². The van der Waals surface area contributed by atoms with Crippen LogP contribution in [0.1, 0.15) is 53.4 Å². The molecule has 0 aromatic rings. The van der Waals surface area contributed by atoms with Crippen molar-refractivity contribution < 1.29 is 14.6 Å². The average molecular weight is 312 g/mol. The van der Waals surface area contributed by atoms with Crippen molar-refractivity contribution in [3.63, 3.8) is 0 Å². The summed E-state index contributed by atoms with van der Waals surface area (Å²) in [6.45, 7) is 12.0. The standard InChI is InChI=1S/C17H32N2O3/c1-14-5-9-18(10-6-14)13-17(21)7-11-19(12-8-17)15(20)22-16(2,3)4/h14,21H,5-13H2,1-4H3. The molecule has 0 aromatic carbocycles. The molecule has 0 atom stereocenters. The predicted molar refractivity (Wildman–Crippen MR) is 86.8 cm³/mol. The first-order valence-electron chi connectivity index (χ1n) is 8.60. The minimum Gasteiger partial charge on any atom is -0.444 e. The number of carbonyl (C=O) groups is 1. The van der Waals surface area contributed by atoms with Crippen LogP contribution in [-0.2, 0) is 4.74 Å². The number of amides is 1. The van der Waals surface area contributed by atoms with E-state index in [9.17, 15) is 9.90 Å². The molecule has 5 heteroatoms. The van der Waals surface area contributed by atoms with Crippen LogP contribution >= 0.6 is 0 Å². The Kier molecular flexibility index (Phi) is 5.38. The van der Waals surface area contributed by atoms with Crippen molar-refractivity contribution in [1.82, 2.24) is 9.80 Å². The van der Waals surface area contributed by atoms with Crippen LogP contribution in [0.15, 0.2) is 0 Å². The van der Waals surface area contributed by atoms with E-state index in [4.69, 9.17) is 4.74 Å². The van der Waals surface area contributed by atoms with E-state index in [-0.39, 0.29) is 6.09 Å². The monoisotopic (exact) mass is 312 g/mol. The van der Waals surface area contributed by atoms with Crippen LogP contribution in [0.2, 0.25) is 0 Å². The van der Waals surface area contributed by atoms with Gasteiger partial charge in [-0.05, 0) is 65.5 Å². The zero-order chi connectivity index (χ0) is 16.4. The molecular weight excluding hydrogens is 280 g/mol. The van der Waals surface area contributed by atoms with Gasteiger partial charge in [0.2, 0.25) is 0 Å². The van der Waals surface area contributed by atoms with E-state index in [1.165, 1.54) is 12.8 Å². The summed E-state index contributed by atoms with van der Waals surface area (Å²) in [6.07, 6.45) is 3.46. The van der Waals surface area contributed by atoms with Gasteiger partial charge in [0.15, 0.2) is 0 Å². The highest BCUT2D eigenvalue weighted by atomic mass is 16.6. The molecule has 2 heterocycles. The molecule has 2 aliphatic heterocycles. The molecule has 0 saturated carbocycles. The summed E-state index contributed by atoms with van der Waals surface area (Å²) in [4.78, 5) is 16.2. The normalized spacial score (nSPS) is 24.3. The van der Waals surface area contributed by atoms with Crippen molar-refractivity contribution in [1.29, 1.82) is 0 Å². The number of likely N-dealkylation sites (tertiary alicyclic amines) is 2. The molecule has 128 valence electrons. The Hall–Kier alpha value is -0.810. The van der Waals surface area contributed by atoms with Crippen molar-refractivity contribution in [3.8, 4) is 0 Å². The fraction of sp³-hybridized carbons (Fsp3) is 0.941. The lowest BCUT2D eigenvalue weighted by atomic mass is 9.89. The Morgan fingerprint density at radius 3 is 2.23 bits per heavy atom. The average Bonchev–Trinajstić information content (AvgIpc) is 2.40. The number of hydrogen-bond donors (Lipinski definition) is 1. The van der Waals surface area contributed by atoms with Crippen LogP contribution in [-0.4, -0.2) is 64.9 Å². The van der Waals surface area contributed by atoms with Crippen LogP contribution in [0.3, 0.4) is 0 Å². The number of piperidine rings is 2. The van der Waals surface area contributed by atoms with Gasteiger partial charge in [0.25, 0.3) is 0 Å². The highest BCUT2D eigenvalue weighted by Crippen LogP contribution is 2.26. The van der Waals surface area contributed by atoms with Gasteiger partial charge >= 0.3 is 6.09 Å². The second-order valence-electron chi connectivity index (χ2n) is 8.15. The summed E-state index contributed by atoms with van der Waals surface area (Å²) < 4.78 is 5.40. The molecule has 0 aromatic heterocycles. The number of β-amino-alcohol motifs (C(OH)–C–C–N with tert-alkyl or cyclic N) is 1. The van der Waals surface area contributed by atoms with E-state index in [1.807, 2.05) is 20.8 Å². The largest absolute Gasteiger partial charge is 0.444 e. The molecule has 2 aliphatic rings. The van der Waals surface area contributed by atoms with Gasteiger partial charge in [-0.15, -0.1) is 0 Å². The van der Waals surface area contributed by atoms with Crippen molar-refractivity contribution in [2.24, 2.45) is 5.92 Å². The van der Waals surface area contributed by atoms with Crippen LogP contribution in [0.5, 0.6) is 0 Å². The van der Waals surface area contributed by atoms with E-state index in [1.54, 1.807) is 4.90 Å². The Morgan fingerprint density at radius 2 is 1.73 bits per heavy atom. The van der Waals surface area contributed by atoms with Crippen LogP contribution in [0.4, 0.5) is 4.79 Å². The first-order chi connectivity index (χ1) is 10.2. The van der Waals surface area contributed by atoms with E-state index in [0.29, 0.717) is 25.9 Å². The molecule has 5 nitrogen and oxygen atoms in total. The van der Waals surface area contributed by atoms with Gasteiger partial charge in [-0.3, -0.25) is 0 Å². The number of ether oxygens (including phenoxy) is 1. The molecule has 0 radical (unpaired) electrons. The molecule has 0 unspecified atom stereocenters. The Balaban J connectivity index is 1.79. The minimum absolute atomic E-state index is 0.263. The van der Waals surface area contributed by atoms with Crippen molar-refractivity contribution in [2.45, 2.75) is 64.6 Å². The summed E-state index contributed by atoms with van der Waals surface area (Å²) in [5.74, 6) is 0.805. The highest BCUT2D eigenvalue weighted by molar-refractivity contribution is 5.68. The lowest BCUT2D eigenvalue weighted by Gasteiger charge is -2.42. The molecule has 2 rings (SSSR count). The van der Waals surface area contributed by atoms with E-state index < -0.39 is 11.2 Å². The topological polar surface area (TPSA) is 53.0 Å². The second kappa shape index (κ2) is 6.75. The third-order valence-corrected chi connectivity index (χ3v) is 4.74. The zero-order valence-corrected chi connectivity index (χ0v) is 14.6. The SMILES string of the molecule is CC1CCN(CC2(O)CCN(C(=O)OC(C)(C)C)CC2)CC1. The van der Waals surface area contributed by atoms with E-state index in [2.05, 4.69) is 11.8 Å². The number of carbonyl (C=O) groups excluding carboxylic acids is 1. The molecule has 0 spiro atoms. The highest BCUT2D eigenvalue weighted by Gasteiger charge is 2.37. The van der Waals surface area contributed by atoms with Crippen LogP contribution in [0.25, 0.3) is 0 Å². The Labute approximate surface area is 134 Å². The molecule has 1 N–H and O–H groups in total. The van der Waals surface area contributed by atoms with Gasteiger partial charge in [-0.1, -0.05) is 6.92 Å². The fourth-order valence-corrected chi connectivity index (χ4v) is 3.23. The lowest BCUT2D eigenvalue weighted by Crippen LogP contribution is -2.53. The summed E-state index contributed by atoms with van der Waals surface area (Å²) in [6, 6.07) is 0. The quantitative estimate of drug-likeness (QED) is 0.851. The van der Waals surface area contributed by atoms with Crippen molar-refractivity contribution in [3.05, 3.63) is 0 Å². The third kappa shape index (κ3) is 5.13. The summed E-state index contributed by atoms with van der Waals surface area (Å²) in [5.41, 5.74) is -1.12. The van der Waals surface area contributed by atoms with E-state index >= 15 is 0 Å². The number of hydrogen-bond acceptors (Lipinski definition) is 4. The smallest absolute Gasteiger partial charge is 0.410 e. The molecule has 2 saturated heterocycles. The van der Waals surface area contributed by atoms with Gasteiger partial charge in [0, 0.05) is 19.6 Å². The zero-order valence-electron chi connectivity index (χ0n) is 14.6. The maximum atomic E-state index is 12.1. The summed E-state index contributed by atoms with van der Waals surface area (Å²) >= 11 is 0. The first kappa shape index (κ1) is 17.5. The molecular formula is C17H32N2O3. The molecule has 0 bridgehead atoms. The number of rotatable bonds is 2. The summed E-state index contributed by atoms with van der Waals surface area (Å²) in [5, 5.41) is 10.8. The van der Waals surface area contributed by atoms with Crippen molar-refractivity contribution in [2.75, 3.05) is 32.7 Å². The number of nitrogens with zero attached hydrogens (tertiary/aromatic N) is 2. The molecule has 2 fully saturated rings. The van der Waals surface area contributed by atoms with E-state index in [0.717, 1.165) is 25.6 Å². The predicted octanol–water partition coefficient (Wildman–Crippen LogP) is 2.48. The minimum atomic E-state index is -0.654. The molecule has 0 aliphatic carbocycles. The summed E-state index contributed by atoms with van der Waals surface area (Å²) in [7, 11) is 0. The van der Waals surface area contributed by atoms with Crippen LogP contribution in [0, 0.1) is 5.92 Å². The number of aliphatic hydroxyl groups is 1. The third-order valence-electron chi connectivity index (χ3n) is 4.74. The van der Waals surface area contributed by atoms with Crippen molar-refractivity contribution >= 4 is 6.09 Å². The van der Waals surface area contributed by atoms with Gasteiger partial charge in [0.1, 0.15) is 5.60 Å². The second-order valence-corrected chi connectivity index (χ2v) is 8.15. The Morgan fingerprint density at radius 1 is 1.18 bits per heavy atom. The Bertz CT molecular complexity index is 376. The van der Waals surface area contributed by atoms with Gasteiger partial charge in [0.05, 0.1) is 5.60 Å². The molecule has 1 amide bonds.